The number of aromatic nitrogens is 2. The Labute approximate surface area is 165 Å². The summed E-state index contributed by atoms with van der Waals surface area (Å²) in [6, 6.07) is 9.41. The lowest BCUT2D eigenvalue weighted by Crippen LogP contribution is -2.63. The van der Waals surface area contributed by atoms with Gasteiger partial charge in [-0.25, -0.2) is 0 Å². The number of likely N-dealkylation sites (tertiary alicyclic amines) is 1. The van der Waals surface area contributed by atoms with Gasteiger partial charge in [0, 0.05) is 37.5 Å². The van der Waals surface area contributed by atoms with Gasteiger partial charge in [0.1, 0.15) is 0 Å². The molecule has 1 aromatic heterocycles. The maximum absolute atomic E-state index is 12.3. The van der Waals surface area contributed by atoms with Gasteiger partial charge in [0.15, 0.2) is 5.82 Å². The molecule has 1 aliphatic carbocycles. The van der Waals surface area contributed by atoms with Gasteiger partial charge in [-0.05, 0) is 44.7 Å². The molecule has 0 bridgehead atoms. The van der Waals surface area contributed by atoms with Crippen molar-refractivity contribution < 1.29 is 4.79 Å². The van der Waals surface area contributed by atoms with Crippen LogP contribution in [0.15, 0.2) is 18.2 Å². The van der Waals surface area contributed by atoms with E-state index in [1.54, 1.807) is 0 Å². The normalized spacial score (nSPS) is 23.2. The molecular formula is C21H28N6O. The summed E-state index contributed by atoms with van der Waals surface area (Å²) in [6.45, 7) is 4.11. The molecule has 2 heterocycles. The summed E-state index contributed by atoms with van der Waals surface area (Å²) in [5.41, 5.74) is 2.22. The predicted molar refractivity (Wildman–Crippen MR) is 109 cm³/mol. The lowest BCUT2D eigenvalue weighted by atomic mass is 9.85. The number of hydrogen-bond acceptors (Lipinski definition) is 5. The van der Waals surface area contributed by atoms with Gasteiger partial charge < -0.3 is 10.6 Å². The molecule has 2 aromatic rings. The van der Waals surface area contributed by atoms with Crippen molar-refractivity contribution in [2.45, 2.75) is 44.7 Å². The molecule has 0 unspecified atom stereocenters. The molecule has 1 aliphatic heterocycles. The molecule has 2 fully saturated rings. The fourth-order valence-corrected chi connectivity index (χ4v) is 4.42. The Hall–Kier alpha value is -2.59. The van der Waals surface area contributed by atoms with E-state index in [0.717, 1.165) is 55.5 Å². The molecule has 2 N–H and O–H groups in total. The average Bonchev–Trinajstić information content (AvgIpc) is 2.98. The lowest BCUT2D eigenvalue weighted by molar-refractivity contribution is -0.121. The fraction of sp³-hybridized carbons (Fsp3) is 0.571. The maximum Gasteiger partial charge on any atom is 0.239 e. The second-order valence-corrected chi connectivity index (χ2v) is 8.20. The van der Waals surface area contributed by atoms with Gasteiger partial charge in [0.2, 0.25) is 5.91 Å². The molecule has 1 saturated carbocycles. The number of benzene rings is 1. The van der Waals surface area contributed by atoms with E-state index in [0.29, 0.717) is 6.04 Å². The molecule has 28 heavy (non-hydrogen) atoms. The van der Waals surface area contributed by atoms with Crippen LogP contribution in [-0.2, 0) is 11.8 Å². The zero-order valence-electron chi connectivity index (χ0n) is 16.6. The van der Waals surface area contributed by atoms with Crippen LogP contribution in [0.4, 0.5) is 5.82 Å². The maximum atomic E-state index is 12.3. The summed E-state index contributed by atoms with van der Waals surface area (Å²) < 4.78 is 1.83. The highest BCUT2D eigenvalue weighted by molar-refractivity contribution is 5.92. The number of carbonyl (C=O) groups excluding carboxylic acids is 1. The smallest absolute Gasteiger partial charge is 0.239 e. The van der Waals surface area contributed by atoms with Gasteiger partial charge in [0.05, 0.1) is 24.2 Å². The van der Waals surface area contributed by atoms with Crippen LogP contribution in [0.2, 0.25) is 0 Å². The Bertz CT molecular complexity index is 899. The van der Waals surface area contributed by atoms with Crippen LogP contribution in [0.25, 0.3) is 10.9 Å². The minimum Gasteiger partial charge on any atom is -0.359 e. The number of nitrogens with zero attached hydrogens (tertiary/aromatic N) is 4. The minimum absolute atomic E-state index is 0.00398. The Morgan fingerprint density at radius 2 is 2.04 bits per heavy atom. The third-order valence-corrected chi connectivity index (χ3v) is 6.09. The number of fused-ring (bicyclic) bond motifs is 1. The van der Waals surface area contributed by atoms with Crippen LogP contribution < -0.4 is 10.6 Å². The highest BCUT2D eigenvalue weighted by atomic mass is 16.2. The van der Waals surface area contributed by atoms with Crippen LogP contribution in [0.1, 0.15) is 31.2 Å². The fourth-order valence-electron chi connectivity index (χ4n) is 4.42. The van der Waals surface area contributed by atoms with E-state index in [9.17, 15) is 4.79 Å². The predicted octanol–water partition coefficient (Wildman–Crippen LogP) is 2.18. The van der Waals surface area contributed by atoms with Crippen molar-refractivity contribution >= 4 is 22.6 Å². The van der Waals surface area contributed by atoms with Crippen LogP contribution >= 0.6 is 0 Å². The van der Waals surface area contributed by atoms with E-state index in [4.69, 9.17) is 5.26 Å². The van der Waals surface area contributed by atoms with Crippen LogP contribution in [-0.4, -0.2) is 52.3 Å². The first-order chi connectivity index (χ1) is 13.5. The lowest BCUT2D eigenvalue weighted by Gasteiger charge is -2.46. The SMILES string of the molecule is Cc1ccc2c(c1)c(NCC(=O)NC1CN(C3CCC(C#N)CC3)C1)nn2C. The van der Waals surface area contributed by atoms with Crippen molar-refractivity contribution in [1.82, 2.24) is 20.0 Å². The molecule has 1 aromatic carbocycles. The van der Waals surface area contributed by atoms with E-state index in [1.807, 2.05) is 11.7 Å². The highest BCUT2D eigenvalue weighted by Gasteiger charge is 2.35. The first-order valence-corrected chi connectivity index (χ1v) is 10.1. The molecular weight excluding hydrogens is 352 g/mol. The van der Waals surface area contributed by atoms with Crippen LogP contribution in [0.3, 0.4) is 0 Å². The second kappa shape index (κ2) is 7.80. The molecule has 4 rings (SSSR count). The number of nitrogens with one attached hydrogen (secondary N) is 2. The summed E-state index contributed by atoms with van der Waals surface area (Å²) >= 11 is 0. The van der Waals surface area contributed by atoms with Crippen molar-refractivity contribution in [1.29, 1.82) is 5.26 Å². The largest absolute Gasteiger partial charge is 0.359 e. The highest BCUT2D eigenvalue weighted by Crippen LogP contribution is 2.29. The van der Waals surface area contributed by atoms with Gasteiger partial charge in [0.25, 0.3) is 0 Å². The molecule has 0 spiro atoms. The molecule has 7 heteroatoms. The minimum atomic E-state index is 0.00398. The number of rotatable bonds is 5. The zero-order chi connectivity index (χ0) is 19.7. The summed E-state index contributed by atoms with van der Waals surface area (Å²) in [6.07, 6.45) is 4.23. The number of carbonyl (C=O) groups is 1. The van der Waals surface area contributed by atoms with Crippen molar-refractivity contribution in [3.05, 3.63) is 23.8 Å². The quantitative estimate of drug-likeness (QED) is 0.830. The van der Waals surface area contributed by atoms with Crippen LogP contribution in [0.5, 0.6) is 0 Å². The van der Waals surface area contributed by atoms with Gasteiger partial charge in [-0.2, -0.15) is 10.4 Å². The molecule has 1 amide bonds. The summed E-state index contributed by atoms with van der Waals surface area (Å²) in [5, 5.41) is 20.8. The number of amides is 1. The number of aryl methyl sites for hydroxylation is 2. The van der Waals surface area contributed by atoms with Crippen LogP contribution in [0, 0.1) is 24.2 Å². The first kappa shape index (κ1) is 18.8. The molecule has 148 valence electrons. The van der Waals surface area contributed by atoms with Crippen molar-refractivity contribution in [2.24, 2.45) is 13.0 Å². The number of anilines is 1. The third kappa shape index (κ3) is 3.83. The Morgan fingerprint density at radius 3 is 2.75 bits per heavy atom. The van der Waals surface area contributed by atoms with Gasteiger partial charge in [-0.3, -0.25) is 14.4 Å². The standard InChI is InChI=1S/C21H28N6O/c1-14-3-8-19-18(9-14)21(25-26(19)2)23-11-20(28)24-16-12-27(13-16)17-6-4-15(10-22)5-7-17/h3,8-9,15-17H,4-7,11-13H2,1-2H3,(H,23,25)(H,24,28). The topological polar surface area (TPSA) is 86.0 Å². The first-order valence-electron chi connectivity index (χ1n) is 10.1. The van der Waals surface area contributed by atoms with Gasteiger partial charge in [-0.15, -0.1) is 0 Å². The monoisotopic (exact) mass is 380 g/mol. The van der Waals surface area contributed by atoms with E-state index >= 15 is 0 Å². The summed E-state index contributed by atoms with van der Waals surface area (Å²) in [4.78, 5) is 14.8. The van der Waals surface area contributed by atoms with Crippen molar-refractivity contribution in [3.63, 3.8) is 0 Å². The zero-order valence-corrected chi connectivity index (χ0v) is 16.6. The second-order valence-electron chi connectivity index (χ2n) is 8.20. The van der Waals surface area contributed by atoms with Crippen molar-refractivity contribution in [2.75, 3.05) is 25.0 Å². The Balaban J connectivity index is 1.23. The average molecular weight is 380 g/mol. The van der Waals surface area contributed by atoms with E-state index < -0.39 is 0 Å². The number of nitriles is 1. The van der Waals surface area contributed by atoms with Crippen molar-refractivity contribution in [3.8, 4) is 6.07 Å². The molecule has 0 radical (unpaired) electrons. The van der Waals surface area contributed by atoms with E-state index in [2.05, 4.69) is 51.8 Å². The van der Waals surface area contributed by atoms with Gasteiger partial charge in [-0.1, -0.05) is 11.6 Å². The van der Waals surface area contributed by atoms with E-state index in [1.165, 1.54) is 5.56 Å². The molecule has 7 nitrogen and oxygen atoms in total. The summed E-state index contributed by atoms with van der Waals surface area (Å²) in [5.74, 6) is 0.996. The Morgan fingerprint density at radius 1 is 1.29 bits per heavy atom. The van der Waals surface area contributed by atoms with E-state index in [-0.39, 0.29) is 24.4 Å². The third-order valence-electron chi connectivity index (χ3n) is 6.09. The van der Waals surface area contributed by atoms with Gasteiger partial charge >= 0.3 is 0 Å². The molecule has 0 atom stereocenters. The molecule has 2 aliphatic rings. The number of hydrogen-bond donors (Lipinski definition) is 2. The summed E-state index contributed by atoms with van der Waals surface area (Å²) in [7, 11) is 1.91. The molecule has 1 saturated heterocycles. The Kier molecular flexibility index (Phi) is 5.23.